The summed E-state index contributed by atoms with van der Waals surface area (Å²) in [5.74, 6) is 0.482. The fourth-order valence-electron chi connectivity index (χ4n) is 4.66. The summed E-state index contributed by atoms with van der Waals surface area (Å²) in [7, 11) is -0.305. The van der Waals surface area contributed by atoms with E-state index in [1.54, 1.807) is 24.3 Å². The minimum atomic E-state index is -3.58. The van der Waals surface area contributed by atoms with Gasteiger partial charge >= 0.3 is 0 Å². The van der Waals surface area contributed by atoms with Crippen LogP contribution in [0.15, 0.2) is 29.2 Å². The fraction of sp³-hybridized carbons (Fsp3) is 0.650. The summed E-state index contributed by atoms with van der Waals surface area (Å²) < 4.78 is 26.9. The lowest BCUT2D eigenvalue weighted by molar-refractivity contribution is -0.133. The van der Waals surface area contributed by atoms with Crippen molar-refractivity contribution in [1.29, 1.82) is 0 Å². The molecule has 3 rings (SSSR count). The van der Waals surface area contributed by atoms with Gasteiger partial charge in [-0.3, -0.25) is 4.79 Å². The van der Waals surface area contributed by atoms with Gasteiger partial charge in [0.25, 0.3) is 0 Å². The first-order valence-corrected chi connectivity index (χ1v) is 11.4. The van der Waals surface area contributed by atoms with Gasteiger partial charge in [-0.2, -0.15) is 0 Å². The molecular formula is C20H32ClN3O3S. The number of sulfonamides is 1. The minimum absolute atomic E-state index is 0. The van der Waals surface area contributed by atoms with Gasteiger partial charge in [0.1, 0.15) is 0 Å². The van der Waals surface area contributed by atoms with Crippen molar-refractivity contribution < 1.29 is 13.2 Å². The Morgan fingerprint density at radius 1 is 1.18 bits per heavy atom. The molecule has 28 heavy (non-hydrogen) atoms. The average molecular weight is 430 g/mol. The molecule has 6 nitrogen and oxygen atoms in total. The van der Waals surface area contributed by atoms with E-state index in [4.69, 9.17) is 0 Å². The van der Waals surface area contributed by atoms with Crippen LogP contribution in [0.1, 0.15) is 44.1 Å². The molecule has 1 amide bonds. The van der Waals surface area contributed by atoms with Gasteiger partial charge in [-0.05, 0) is 56.8 Å². The van der Waals surface area contributed by atoms with Crippen LogP contribution in [0.3, 0.4) is 0 Å². The van der Waals surface area contributed by atoms with Crippen molar-refractivity contribution in [3.05, 3.63) is 29.8 Å². The number of carbonyl (C=O) groups excluding carboxylic acids is 1. The van der Waals surface area contributed by atoms with Crippen LogP contribution < -0.4 is 10.0 Å². The van der Waals surface area contributed by atoms with E-state index in [0.717, 1.165) is 25.8 Å². The van der Waals surface area contributed by atoms with E-state index in [2.05, 4.69) is 10.0 Å². The summed E-state index contributed by atoms with van der Waals surface area (Å²) in [5, 5.41) is 3.61. The topological polar surface area (TPSA) is 78.5 Å². The molecule has 3 atom stereocenters. The van der Waals surface area contributed by atoms with E-state index in [1.165, 1.54) is 26.3 Å². The molecule has 0 radical (unpaired) electrons. The van der Waals surface area contributed by atoms with E-state index in [9.17, 15) is 13.2 Å². The van der Waals surface area contributed by atoms with Crippen molar-refractivity contribution in [3.8, 4) is 0 Å². The van der Waals surface area contributed by atoms with Crippen LogP contribution in [0, 0.1) is 5.92 Å². The molecule has 158 valence electrons. The summed E-state index contributed by atoms with van der Waals surface area (Å²) >= 11 is 0. The third kappa shape index (κ3) is 5.06. The van der Waals surface area contributed by atoms with Crippen LogP contribution in [-0.2, 0) is 21.2 Å². The van der Waals surface area contributed by atoms with Crippen LogP contribution in [0.4, 0.5) is 0 Å². The molecule has 1 heterocycles. The number of likely N-dealkylation sites (N-methyl/N-ethyl adjacent to an activating group) is 1. The maximum Gasteiger partial charge on any atom is 0.240 e. The van der Waals surface area contributed by atoms with Crippen molar-refractivity contribution in [1.82, 2.24) is 14.9 Å². The smallest absolute Gasteiger partial charge is 0.240 e. The normalized spacial score (nSPS) is 25.1. The number of carbonyl (C=O) groups is 1. The molecule has 1 aliphatic carbocycles. The Morgan fingerprint density at radius 2 is 1.89 bits per heavy atom. The number of amides is 1. The highest BCUT2D eigenvalue weighted by Gasteiger charge is 2.37. The molecule has 8 heteroatoms. The lowest BCUT2D eigenvalue weighted by atomic mass is 9.78. The molecule has 0 bridgehead atoms. The van der Waals surface area contributed by atoms with Gasteiger partial charge in [0.2, 0.25) is 15.9 Å². The second kappa shape index (κ2) is 10.1. The number of halogens is 1. The van der Waals surface area contributed by atoms with E-state index in [1.807, 2.05) is 11.9 Å². The van der Waals surface area contributed by atoms with Gasteiger partial charge in [0.05, 0.1) is 11.3 Å². The number of nitrogens with zero attached hydrogens (tertiary/aromatic N) is 1. The maximum absolute atomic E-state index is 13.0. The highest BCUT2D eigenvalue weighted by molar-refractivity contribution is 7.89. The average Bonchev–Trinajstić information content (AvgIpc) is 3.22. The van der Waals surface area contributed by atoms with E-state index in [0.29, 0.717) is 17.5 Å². The van der Waals surface area contributed by atoms with Crippen molar-refractivity contribution in [2.24, 2.45) is 5.92 Å². The first-order chi connectivity index (χ1) is 12.9. The van der Waals surface area contributed by atoms with Gasteiger partial charge in [-0.15, -0.1) is 12.4 Å². The largest absolute Gasteiger partial charge is 0.342 e. The van der Waals surface area contributed by atoms with Crippen LogP contribution >= 0.6 is 12.4 Å². The Bertz CT molecular complexity index is 766. The van der Waals surface area contributed by atoms with Crippen molar-refractivity contribution in [2.75, 3.05) is 20.6 Å². The Balaban J connectivity index is 0.00000280. The summed E-state index contributed by atoms with van der Waals surface area (Å²) in [4.78, 5) is 15.1. The zero-order chi connectivity index (χ0) is 19.4. The van der Waals surface area contributed by atoms with E-state index in [-0.39, 0.29) is 35.7 Å². The molecule has 1 saturated carbocycles. The number of hydrogen-bond donors (Lipinski definition) is 2. The second-order valence-corrected chi connectivity index (χ2v) is 9.57. The Morgan fingerprint density at radius 3 is 2.57 bits per heavy atom. The van der Waals surface area contributed by atoms with Crippen LogP contribution in [0.25, 0.3) is 0 Å². The van der Waals surface area contributed by atoms with Crippen LogP contribution in [0.2, 0.25) is 0 Å². The molecular weight excluding hydrogens is 398 g/mol. The quantitative estimate of drug-likeness (QED) is 0.727. The van der Waals surface area contributed by atoms with Crippen molar-refractivity contribution in [3.63, 3.8) is 0 Å². The highest BCUT2D eigenvalue weighted by atomic mass is 35.5. The predicted octanol–water partition coefficient (Wildman–Crippen LogP) is 2.33. The Hall–Kier alpha value is -1.15. The molecule has 1 aromatic rings. The number of rotatable bonds is 6. The molecule has 2 aliphatic rings. The Kier molecular flexibility index (Phi) is 8.30. The Labute approximate surface area is 174 Å². The molecule has 1 saturated heterocycles. The summed E-state index contributed by atoms with van der Waals surface area (Å²) in [5.41, 5.74) is 0.551. The standard InChI is InChI=1S/C20H31N3O3S.ClH/c1-21-27(25,26)19-12-6-3-8-15(19)14-20(24)23(2)18-11-5-4-9-16(18)17-10-7-13-22-17;/h3,6,8,12,16-18,21-22H,4-5,7,9-11,13-14H2,1-2H3;1H. The third-order valence-electron chi connectivity index (χ3n) is 6.16. The molecule has 2 N–H and O–H groups in total. The monoisotopic (exact) mass is 429 g/mol. The first kappa shape index (κ1) is 23.1. The predicted molar refractivity (Wildman–Crippen MR) is 113 cm³/mol. The van der Waals surface area contributed by atoms with E-state index >= 15 is 0 Å². The second-order valence-electron chi connectivity index (χ2n) is 7.72. The van der Waals surface area contributed by atoms with Crippen LogP contribution in [0.5, 0.6) is 0 Å². The SMILES string of the molecule is CNS(=O)(=O)c1ccccc1CC(=O)N(C)C1CCCCC1C1CCCN1.Cl. The molecule has 0 spiro atoms. The number of hydrogen-bond acceptors (Lipinski definition) is 4. The van der Waals surface area contributed by atoms with Gasteiger partial charge in [0.15, 0.2) is 0 Å². The molecule has 1 aliphatic heterocycles. The van der Waals surface area contributed by atoms with Gasteiger partial charge in [-0.25, -0.2) is 13.1 Å². The number of nitrogens with one attached hydrogen (secondary N) is 2. The number of benzene rings is 1. The van der Waals surface area contributed by atoms with Crippen LogP contribution in [-0.4, -0.2) is 51.9 Å². The maximum atomic E-state index is 13.0. The lowest BCUT2D eigenvalue weighted by Gasteiger charge is -2.41. The zero-order valence-electron chi connectivity index (χ0n) is 16.7. The van der Waals surface area contributed by atoms with Gasteiger partial charge in [-0.1, -0.05) is 31.0 Å². The molecule has 0 aromatic heterocycles. The van der Waals surface area contributed by atoms with Gasteiger partial charge < -0.3 is 10.2 Å². The molecule has 2 fully saturated rings. The zero-order valence-corrected chi connectivity index (χ0v) is 18.3. The van der Waals surface area contributed by atoms with E-state index < -0.39 is 10.0 Å². The molecule has 1 aromatic carbocycles. The third-order valence-corrected chi connectivity index (χ3v) is 7.67. The minimum Gasteiger partial charge on any atom is -0.342 e. The molecule has 3 unspecified atom stereocenters. The lowest BCUT2D eigenvalue weighted by Crippen LogP contribution is -2.50. The van der Waals surface area contributed by atoms with Crippen molar-refractivity contribution in [2.45, 2.75) is 61.9 Å². The highest BCUT2D eigenvalue weighted by Crippen LogP contribution is 2.33. The van der Waals surface area contributed by atoms with Gasteiger partial charge in [0, 0.05) is 19.1 Å². The fourth-order valence-corrected chi connectivity index (χ4v) is 5.62. The summed E-state index contributed by atoms with van der Waals surface area (Å²) in [6, 6.07) is 7.48. The first-order valence-electron chi connectivity index (χ1n) is 9.94. The summed E-state index contributed by atoms with van der Waals surface area (Å²) in [6.07, 6.45) is 7.06. The van der Waals surface area contributed by atoms with Crippen molar-refractivity contribution >= 4 is 28.3 Å². The summed E-state index contributed by atoms with van der Waals surface area (Å²) in [6.45, 7) is 1.07.